The minimum absolute atomic E-state index is 0.504. The first-order valence-electron chi connectivity index (χ1n) is 6.37. The minimum Gasteiger partial charge on any atom is -0.376 e. The molecule has 1 aromatic carbocycles. The fourth-order valence-corrected chi connectivity index (χ4v) is 1.78. The molecule has 0 aliphatic carbocycles. The van der Waals surface area contributed by atoms with Crippen LogP contribution in [0.2, 0.25) is 0 Å². The van der Waals surface area contributed by atoms with Crippen LogP contribution in [0.15, 0.2) is 42.6 Å². The standard InChI is InChI=1S/C17H14N4/c1-19-17(14-6-4-13(11-18)5-7-14)10-15-8-9-16(12-20-15)21(2)3/h4-10,12H,2-3H3/b17-10-. The van der Waals surface area contributed by atoms with E-state index in [1.807, 2.05) is 31.1 Å². The molecule has 2 rings (SSSR count). The third kappa shape index (κ3) is 3.46. The summed E-state index contributed by atoms with van der Waals surface area (Å²) >= 11 is 0. The Morgan fingerprint density at radius 2 is 1.95 bits per heavy atom. The van der Waals surface area contributed by atoms with E-state index in [2.05, 4.69) is 15.9 Å². The van der Waals surface area contributed by atoms with E-state index in [1.54, 1.807) is 36.5 Å². The maximum absolute atomic E-state index is 8.79. The second-order valence-electron chi connectivity index (χ2n) is 4.67. The number of nitriles is 1. The van der Waals surface area contributed by atoms with Gasteiger partial charge in [0.2, 0.25) is 0 Å². The van der Waals surface area contributed by atoms with Crippen LogP contribution in [-0.2, 0) is 0 Å². The van der Waals surface area contributed by atoms with Gasteiger partial charge in [-0.2, -0.15) is 5.26 Å². The van der Waals surface area contributed by atoms with Gasteiger partial charge in [-0.25, -0.2) is 4.85 Å². The van der Waals surface area contributed by atoms with Gasteiger partial charge < -0.3 is 4.90 Å². The van der Waals surface area contributed by atoms with Gasteiger partial charge in [0.15, 0.2) is 5.70 Å². The van der Waals surface area contributed by atoms with E-state index >= 15 is 0 Å². The third-order valence-electron chi connectivity index (χ3n) is 3.00. The Bertz CT molecular complexity index is 726. The molecule has 0 saturated carbocycles. The molecule has 0 atom stereocenters. The van der Waals surface area contributed by atoms with E-state index < -0.39 is 0 Å². The molecule has 0 saturated heterocycles. The molecule has 102 valence electrons. The van der Waals surface area contributed by atoms with Crippen molar-refractivity contribution in [2.45, 2.75) is 0 Å². The molecule has 0 amide bonds. The van der Waals surface area contributed by atoms with E-state index in [0.29, 0.717) is 11.3 Å². The number of benzene rings is 1. The van der Waals surface area contributed by atoms with E-state index in [4.69, 9.17) is 11.8 Å². The lowest BCUT2D eigenvalue weighted by atomic mass is 10.1. The largest absolute Gasteiger partial charge is 0.376 e. The summed E-state index contributed by atoms with van der Waals surface area (Å²) in [4.78, 5) is 9.85. The minimum atomic E-state index is 0.504. The quantitative estimate of drug-likeness (QED) is 0.805. The number of hydrogen-bond acceptors (Lipinski definition) is 3. The highest BCUT2D eigenvalue weighted by Gasteiger charge is 2.03. The fourth-order valence-electron chi connectivity index (χ4n) is 1.78. The number of pyridine rings is 1. The molecular weight excluding hydrogens is 260 g/mol. The van der Waals surface area contributed by atoms with Crippen molar-refractivity contribution in [1.82, 2.24) is 4.98 Å². The second kappa shape index (κ2) is 6.36. The smallest absolute Gasteiger partial charge is 0.196 e. The monoisotopic (exact) mass is 274 g/mol. The average Bonchev–Trinajstić information content (AvgIpc) is 2.53. The maximum Gasteiger partial charge on any atom is 0.196 e. The number of hydrogen-bond donors (Lipinski definition) is 0. The van der Waals surface area contributed by atoms with Gasteiger partial charge in [-0.15, -0.1) is 0 Å². The molecule has 4 nitrogen and oxygen atoms in total. The molecule has 21 heavy (non-hydrogen) atoms. The predicted octanol–water partition coefficient (Wildman–Crippen LogP) is 3.44. The Kier molecular flexibility index (Phi) is 4.33. The average molecular weight is 274 g/mol. The molecule has 0 bridgehead atoms. The summed E-state index contributed by atoms with van der Waals surface area (Å²) in [6, 6.07) is 12.9. The molecule has 0 fully saturated rings. The molecule has 0 spiro atoms. The van der Waals surface area contributed by atoms with Crippen LogP contribution in [0.1, 0.15) is 16.8 Å². The van der Waals surface area contributed by atoms with E-state index in [1.165, 1.54) is 0 Å². The highest BCUT2D eigenvalue weighted by Crippen LogP contribution is 2.20. The molecule has 0 aliphatic heterocycles. The molecule has 0 aliphatic rings. The van der Waals surface area contributed by atoms with Crippen molar-refractivity contribution in [3.05, 3.63) is 70.8 Å². The first kappa shape index (κ1) is 14.3. The normalized spacial score (nSPS) is 10.6. The Balaban J connectivity index is 2.32. The van der Waals surface area contributed by atoms with Crippen molar-refractivity contribution >= 4 is 17.5 Å². The third-order valence-corrected chi connectivity index (χ3v) is 3.00. The summed E-state index contributed by atoms with van der Waals surface area (Å²) in [5, 5.41) is 8.79. The first-order valence-corrected chi connectivity index (χ1v) is 6.37. The van der Waals surface area contributed by atoms with Crippen LogP contribution in [0.5, 0.6) is 0 Å². The fraction of sp³-hybridized carbons (Fsp3) is 0.118. The van der Waals surface area contributed by atoms with Crippen molar-refractivity contribution < 1.29 is 0 Å². The lowest BCUT2D eigenvalue weighted by Crippen LogP contribution is -2.08. The zero-order chi connectivity index (χ0) is 15.2. The highest BCUT2D eigenvalue weighted by atomic mass is 15.1. The number of aromatic nitrogens is 1. The second-order valence-corrected chi connectivity index (χ2v) is 4.67. The summed E-state index contributed by atoms with van der Waals surface area (Å²) in [6.07, 6.45) is 3.51. The zero-order valence-electron chi connectivity index (χ0n) is 11.9. The molecular formula is C17H14N4. The van der Waals surface area contributed by atoms with Gasteiger partial charge in [-0.3, -0.25) is 4.98 Å². The summed E-state index contributed by atoms with van der Waals surface area (Å²) in [7, 11) is 3.90. The topological polar surface area (TPSA) is 44.3 Å². The molecule has 4 heteroatoms. The number of anilines is 1. The molecule has 1 aromatic heterocycles. The van der Waals surface area contributed by atoms with Crippen molar-refractivity contribution in [2.75, 3.05) is 19.0 Å². The van der Waals surface area contributed by atoms with E-state index in [9.17, 15) is 0 Å². The lowest BCUT2D eigenvalue weighted by molar-refractivity contribution is 1.11. The number of nitrogens with zero attached hydrogens (tertiary/aromatic N) is 4. The predicted molar refractivity (Wildman–Crippen MR) is 84.2 cm³/mol. The lowest BCUT2D eigenvalue weighted by Gasteiger charge is -2.11. The van der Waals surface area contributed by atoms with Crippen LogP contribution in [-0.4, -0.2) is 19.1 Å². The Morgan fingerprint density at radius 1 is 1.24 bits per heavy atom. The van der Waals surface area contributed by atoms with Crippen LogP contribution in [0.25, 0.3) is 16.6 Å². The van der Waals surface area contributed by atoms with Gasteiger partial charge in [-0.1, -0.05) is 12.1 Å². The molecule has 0 N–H and O–H groups in total. The molecule has 0 unspecified atom stereocenters. The van der Waals surface area contributed by atoms with Gasteiger partial charge in [0, 0.05) is 14.1 Å². The van der Waals surface area contributed by atoms with Crippen molar-refractivity contribution in [1.29, 1.82) is 5.26 Å². The van der Waals surface area contributed by atoms with Gasteiger partial charge in [0.25, 0.3) is 0 Å². The van der Waals surface area contributed by atoms with Crippen LogP contribution in [0.4, 0.5) is 5.69 Å². The molecule has 1 heterocycles. The van der Waals surface area contributed by atoms with Crippen LogP contribution in [0, 0.1) is 17.9 Å². The van der Waals surface area contributed by atoms with Crippen LogP contribution >= 0.6 is 0 Å². The van der Waals surface area contributed by atoms with Crippen molar-refractivity contribution in [2.24, 2.45) is 0 Å². The summed E-state index contributed by atoms with van der Waals surface area (Å²) in [5.41, 5.74) is 3.61. The van der Waals surface area contributed by atoms with Gasteiger partial charge in [0.05, 0.1) is 35.8 Å². The van der Waals surface area contributed by atoms with Crippen molar-refractivity contribution in [3.8, 4) is 6.07 Å². The Hall–Kier alpha value is -3.11. The van der Waals surface area contributed by atoms with Crippen LogP contribution in [0.3, 0.4) is 0 Å². The van der Waals surface area contributed by atoms with Gasteiger partial charge >= 0.3 is 0 Å². The zero-order valence-corrected chi connectivity index (χ0v) is 11.9. The SMILES string of the molecule is [C-]#[N+]/C(=C\c1ccc(N(C)C)cn1)c1ccc(C#N)cc1. The van der Waals surface area contributed by atoms with E-state index in [0.717, 1.165) is 16.9 Å². The maximum atomic E-state index is 8.79. The molecule has 0 radical (unpaired) electrons. The summed E-state index contributed by atoms with van der Waals surface area (Å²) in [5.74, 6) is 0. The Morgan fingerprint density at radius 3 is 2.43 bits per heavy atom. The Labute approximate surface area is 124 Å². The van der Waals surface area contributed by atoms with Crippen molar-refractivity contribution in [3.63, 3.8) is 0 Å². The first-order chi connectivity index (χ1) is 10.1. The summed E-state index contributed by atoms with van der Waals surface area (Å²) in [6.45, 7) is 7.31. The van der Waals surface area contributed by atoms with Crippen LogP contribution < -0.4 is 4.90 Å². The van der Waals surface area contributed by atoms with Gasteiger partial charge in [-0.05, 0) is 35.9 Å². The van der Waals surface area contributed by atoms with E-state index in [-0.39, 0.29) is 0 Å². The van der Waals surface area contributed by atoms with Gasteiger partial charge in [0.1, 0.15) is 0 Å². The highest BCUT2D eigenvalue weighted by molar-refractivity contribution is 5.84. The summed E-state index contributed by atoms with van der Waals surface area (Å²) < 4.78 is 0. The molecule has 2 aromatic rings. The number of rotatable bonds is 3.